The summed E-state index contributed by atoms with van der Waals surface area (Å²) < 4.78 is 1.16. The average Bonchev–Trinajstić information content (AvgIpc) is 3.48. The number of halogens is 4. The Balaban J connectivity index is 0.00000320. The molecule has 0 radical (unpaired) electrons. The van der Waals surface area contributed by atoms with E-state index in [0.29, 0.717) is 25.2 Å². The van der Waals surface area contributed by atoms with Crippen LogP contribution in [0.25, 0.3) is 11.3 Å². The van der Waals surface area contributed by atoms with Crippen molar-refractivity contribution in [3.63, 3.8) is 0 Å². The number of benzene rings is 3. The summed E-state index contributed by atoms with van der Waals surface area (Å²) in [6.07, 6.45) is 3.27. The van der Waals surface area contributed by atoms with Gasteiger partial charge >= 0.3 is 5.91 Å². The maximum Gasteiger partial charge on any atom is 0.300 e. The Morgan fingerprint density at radius 3 is 2.51 bits per heavy atom. The van der Waals surface area contributed by atoms with E-state index in [4.69, 9.17) is 11.6 Å². The minimum Gasteiger partial charge on any atom is -0.350 e. The Labute approximate surface area is 240 Å². The van der Waals surface area contributed by atoms with Crippen molar-refractivity contribution in [1.82, 2.24) is 15.3 Å². The van der Waals surface area contributed by atoms with Gasteiger partial charge in [-0.3, -0.25) is 19.3 Å². The van der Waals surface area contributed by atoms with Crippen LogP contribution in [0.1, 0.15) is 27.5 Å². The summed E-state index contributed by atoms with van der Waals surface area (Å²) in [5, 5.41) is 3.45. The molecule has 1 aromatic heterocycles. The minimum absolute atomic E-state index is 0. The molecule has 1 atom stereocenters. The van der Waals surface area contributed by atoms with Gasteiger partial charge in [-0.1, -0.05) is 63.9 Å². The van der Waals surface area contributed by atoms with E-state index in [1.165, 1.54) is 4.90 Å². The second kappa shape index (κ2) is 11.2. The number of amides is 2. The minimum atomic E-state index is -1.09. The summed E-state index contributed by atoms with van der Waals surface area (Å²) in [5.74, 6) is -1.88. The highest BCUT2D eigenvalue weighted by Crippen LogP contribution is 2.43. The fourth-order valence-corrected chi connectivity index (χ4v) is 5.79. The maximum atomic E-state index is 13.7. The van der Waals surface area contributed by atoms with Crippen LogP contribution in [0.2, 0.25) is 5.02 Å². The first-order valence-corrected chi connectivity index (χ1v) is 12.8. The van der Waals surface area contributed by atoms with Crippen molar-refractivity contribution >= 4 is 79.2 Å². The highest BCUT2D eigenvalue weighted by atomic mass is 79.9. The topological polar surface area (TPSA) is 95.2 Å². The van der Waals surface area contributed by atoms with E-state index in [1.807, 2.05) is 18.2 Å². The molecule has 188 valence electrons. The molecule has 11 heteroatoms. The van der Waals surface area contributed by atoms with Crippen LogP contribution < -0.4 is 10.2 Å². The molecule has 2 amide bonds. The molecular formula is C26H18Br2Cl2N4O3. The molecule has 5 rings (SSSR count). The molecular weight excluding hydrogens is 647 g/mol. The molecule has 4 aromatic rings. The molecule has 2 heterocycles. The van der Waals surface area contributed by atoms with Crippen molar-refractivity contribution in [2.45, 2.75) is 12.6 Å². The lowest BCUT2D eigenvalue weighted by Crippen LogP contribution is -2.43. The van der Waals surface area contributed by atoms with Gasteiger partial charge in [-0.15, -0.1) is 12.4 Å². The van der Waals surface area contributed by atoms with Gasteiger partial charge in [0.2, 0.25) is 5.91 Å². The van der Waals surface area contributed by atoms with Gasteiger partial charge in [0.1, 0.15) is 6.04 Å². The molecule has 1 aliphatic rings. The fraction of sp³-hybridized carbons (Fsp3) is 0.0769. The molecule has 0 spiro atoms. The number of ketones is 1. The molecule has 0 aliphatic carbocycles. The van der Waals surface area contributed by atoms with E-state index in [9.17, 15) is 14.4 Å². The number of nitrogens with zero attached hydrogens (tertiary/aromatic N) is 2. The van der Waals surface area contributed by atoms with E-state index in [0.717, 1.165) is 16.8 Å². The van der Waals surface area contributed by atoms with Gasteiger partial charge < -0.3 is 10.3 Å². The van der Waals surface area contributed by atoms with Gasteiger partial charge in [-0.05, 0) is 56.9 Å². The average molecular weight is 665 g/mol. The van der Waals surface area contributed by atoms with Gasteiger partial charge in [-0.2, -0.15) is 0 Å². The summed E-state index contributed by atoms with van der Waals surface area (Å²) in [6, 6.07) is 16.6. The van der Waals surface area contributed by atoms with Gasteiger partial charge in [0.05, 0.1) is 29.5 Å². The Hall–Kier alpha value is -2.98. The summed E-state index contributed by atoms with van der Waals surface area (Å²) in [5.41, 5.74) is 3.61. The van der Waals surface area contributed by atoms with E-state index < -0.39 is 23.6 Å². The first kappa shape index (κ1) is 27.1. The van der Waals surface area contributed by atoms with Crippen molar-refractivity contribution in [2.75, 3.05) is 4.90 Å². The van der Waals surface area contributed by atoms with Crippen molar-refractivity contribution < 1.29 is 14.4 Å². The number of Topliss-reactive ketones (excluding diaryl/α,β-unsaturated/α-hetero) is 1. The van der Waals surface area contributed by atoms with Crippen LogP contribution in [0.5, 0.6) is 0 Å². The van der Waals surface area contributed by atoms with E-state index in [1.54, 1.807) is 55.0 Å². The molecule has 1 unspecified atom stereocenters. The van der Waals surface area contributed by atoms with Crippen LogP contribution in [0.3, 0.4) is 0 Å². The van der Waals surface area contributed by atoms with Crippen molar-refractivity contribution in [1.29, 1.82) is 0 Å². The van der Waals surface area contributed by atoms with Gasteiger partial charge in [0.15, 0.2) is 0 Å². The maximum absolute atomic E-state index is 13.7. The third-order valence-electron chi connectivity index (χ3n) is 5.82. The quantitative estimate of drug-likeness (QED) is 0.238. The first-order chi connectivity index (χ1) is 17.3. The predicted octanol–water partition coefficient (Wildman–Crippen LogP) is 6.26. The van der Waals surface area contributed by atoms with Crippen LogP contribution in [0.4, 0.5) is 5.69 Å². The number of hydrogen-bond acceptors (Lipinski definition) is 4. The van der Waals surface area contributed by atoms with Gasteiger partial charge in [0.25, 0.3) is 5.78 Å². The lowest BCUT2D eigenvalue weighted by atomic mass is 10.0. The second-order valence-corrected chi connectivity index (χ2v) is 10.3. The Morgan fingerprint density at radius 1 is 1.08 bits per heavy atom. The lowest BCUT2D eigenvalue weighted by Gasteiger charge is -2.28. The predicted molar refractivity (Wildman–Crippen MR) is 151 cm³/mol. The number of H-pyrrole nitrogens is 1. The normalized spacial score (nSPS) is 13.2. The number of fused-ring (bicyclic) bond motifs is 1. The standard InChI is InChI=1S/C26H17Br2ClN4O3.ClH/c27-17-9-19-23(20(28)10-17)33(26(36)24(19)34)22(25(35)31-11-14-2-1-3-18(29)8-14)16-6-4-15(5-7-16)21-12-30-13-32-21;/h1-10,12-13,22H,11H2,(H,30,32)(H,31,35);1H. The summed E-state index contributed by atoms with van der Waals surface area (Å²) in [7, 11) is 0. The molecule has 0 fully saturated rings. The first-order valence-electron chi connectivity index (χ1n) is 10.8. The molecule has 0 saturated heterocycles. The number of carbonyl (C=O) groups excluding carboxylic acids is 3. The largest absolute Gasteiger partial charge is 0.350 e. The van der Waals surface area contributed by atoms with Crippen LogP contribution in [0, 0.1) is 0 Å². The van der Waals surface area contributed by atoms with Gasteiger partial charge in [-0.25, -0.2) is 4.98 Å². The molecule has 1 aliphatic heterocycles. The van der Waals surface area contributed by atoms with E-state index in [2.05, 4.69) is 47.1 Å². The number of hydrogen-bond donors (Lipinski definition) is 2. The van der Waals surface area contributed by atoms with Crippen molar-refractivity contribution in [3.05, 3.63) is 104 Å². The number of anilines is 1. The van der Waals surface area contributed by atoms with E-state index >= 15 is 0 Å². The second-order valence-electron chi connectivity index (χ2n) is 8.13. The molecule has 2 N–H and O–H groups in total. The fourth-order valence-electron chi connectivity index (χ4n) is 4.17. The van der Waals surface area contributed by atoms with Gasteiger partial charge in [0, 0.05) is 20.5 Å². The molecule has 3 aromatic carbocycles. The Morgan fingerprint density at radius 2 is 1.84 bits per heavy atom. The summed E-state index contributed by atoms with van der Waals surface area (Å²) in [4.78, 5) is 48.1. The molecule has 7 nitrogen and oxygen atoms in total. The Bertz CT molecular complexity index is 1490. The lowest BCUT2D eigenvalue weighted by molar-refractivity contribution is -0.125. The van der Waals surface area contributed by atoms with E-state index in [-0.39, 0.29) is 24.5 Å². The number of carbonyl (C=O) groups is 3. The van der Waals surface area contributed by atoms with Crippen LogP contribution in [-0.2, 0) is 16.1 Å². The highest BCUT2D eigenvalue weighted by Gasteiger charge is 2.44. The third kappa shape index (κ3) is 5.36. The SMILES string of the molecule is Cl.O=C1C(=O)N(C(C(=O)NCc2cccc(Cl)c2)c2ccc(-c3cnc[nH]3)cc2)c2c(Br)cc(Br)cc21. The highest BCUT2D eigenvalue weighted by molar-refractivity contribution is 9.11. The third-order valence-corrected chi connectivity index (χ3v) is 7.12. The number of aromatic amines is 1. The smallest absolute Gasteiger partial charge is 0.300 e. The number of imidazole rings is 1. The monoisotopic (exact) mass is 662 g/mol. The number of aromatic nitrogens is 2. The zero-order valence-corrected chi connectivity index (χ0v) is 23.6. The zero-order chi connectivity index (χ0) is 25.4. The van der Waals surface area contributed by atoms with Crippen LogP contribution in [0.15, 0.2) is 82.1 Å². The van der Waals surface area contributed by atoms with Crippen molar-refractivity contribution in [2.24, 2.45) is 0 Å². The Kier molecular flexibility index (Phi) is 8.18. The number of nitrogens with one attached hydrogen (secondary N) is 2. The molecule has 37 heavy (non-hydrogen) atoms. The van der Waals surface area contributed by atoms with Crippen LogP contribution in [-0.4, -0.2) is 27.6 Å². The summed E-state index contributed by atoms with van der Waals surface area (Å²) >= 11 is 12.9. The molecule has 0 saturated carbocycles. The zero-order valence-electron chi connectivity index (χ0n) is 18.9. The molecule has 0 bridgehead atoms. The van der Waals surface area contributed by atoms with Crippen LogP contribution >= 0.6 is 55.9 Å². The van der Waals surface area contributed by atoms with Crippen molar-refractivity contribution in [3.8, 4) is 11.3 Å². The number of rotatable bonds is 6. The summed E-state index contributed by atoms with van der Waals surface area (Å²) in [6.45, 7) is 0.201.